The average molecular weight is 270 g/mol. The first-order valence-electron chi connectivity index (χ1n) is 5.91. The standard InChI is InChI=1S/C13H20ClN3O/c1-9(2)16-7-10-4-5-12(11(14)6-10)17(3)8-13(15)18/h4-6,9,16H,7-8H2,1-3H3,(H2,15,18). The molecule has 0 aliphatic heterocycles. The summed E-state index contributed by atoms with van der Waals surface area (Å²) in [7, 11) is 1.79. The maximum Gasteiger partial charge on any atom is 0.236 e. The molecule has 0 atom stereocenters. The number of primary amides is 1. The first kappa shape index (κ1) is 14.8. The number of benzene rings is 1. The molecule has 4 nitrogen and oxygen atoms in total. The van der Waals surface area contributed by atoms with Crippen molar-refractivity contribution in [2.45, 2.75) is 26.4 Å². The Morgan fingerprint density at radius 3 is 2.67 bits per heavy atom. The minimum atomic E-state index is -0.376. The number of likely N-dealkylation sites (N-methyl/N-ethyl adjacent to an activating group) is 1. The highest BCUT2D eigenvalue weighted by Crippen LogP contribution is 2.25. The molecule has 0 aromatic heterocycles. The number of carbonyl (C=O) groups is 1. The van der Waals surface area contributed by atoms with Gasteiger partial charge in [0.05, 0.1) is 17.3 Å². The molecule has 0 bridgehead atoms. The normalized spacial score (nSPS) is 10.7. The van der Waals surface area contributed by atoms with Gasteiger partial charge in [0, 0.05) is 19.6 Å². The molecule has 0 saturated carbocycles. The van der Waals surface area contributed by atoms with Crippen molar-refractivity contribution in [3.05, 3.63) is 28.8 Å². The Labute approximate surface area is 113 Å². The molecule has 0 saturated heterocycles. The Morgan fingerprint density at radius 1 is 1.50 bits per heavy atom. The van der Waals surface area contributed by atoms with Gasteiger partial charge in [-0.1, -0.05) is 31.5 Å². The van der Waals surface area contributed by atoms with Crippen molar-refractivity contribution in [3.8, 4) is 0 Å². The molecule has 1 aromatic rings. The molecule has 5 heteroatoms. The summed E-state index contributed by atoms with van der Waals surface area (Å²) in [4.78, 5) is 12.6. The lowest BCUT2D eigenvalue weighted by molar-refractivity contribution is -0.116. The monoisotopic (exact) mass is 269 g/mol. The van der Waals surface area contributed by atoms with Crippen LogP contribution in [0.4, 0.5) is 5.69 Å². The summed E-state index contributed by atoms with van der Waals surface area (Å²) < 4.78 is 0. The molecule has 18 heavy (non-hydrogen) atoms. The van der Waals surface area contributed by atoms with Crippen LogP contribution in [0.1, 0.15) is 19.4 Å². The average Bonchev–Trinajstić information content (AvgIpc) is 2.25. The van der Waals surface area contributed by atoms with Gasteiger partial charge in [-0.05, 0) is 17.7 Å². The van der Waals surface area contributed by atoms with E-state index in [1.54, 1.807) is 11.9 Å². The van der Waals surface area contributed by atoms with Gasteiger partial charge in [0.2, 0.25) is 5.91 Å². The summed E-state index contributed by atoms with van der Waals surface area (Å²) >= 11 is 6.20. The third-order valence-corrected chi connectivity index (χ3v) is 2.83. The lowest BCUT2D eigenvalue weighted by Gasteiger charge is -2.19. The van der Waals surface area contributed by atoms with Gasteiger partial charge in [-0.3, -0.25) is 4.79 Å². The molecule has 1 aromatic carbocycles. The molecule has 0 aliphatic rings. The van der Waals surface area contributed by atoms with Gasteiger partial charge in [0.15, 0.2) is 0 Å². The van der Waals surface area contributed by atoms with Gasteiger partial charge in [0.1, 0.15) is 0 Å². The minimum Gasteiger partial charge on any atom is -0.368 e. The second kappa shape index (κ2) is 6.61. The van der Waals surface area contributed by atoms with Crippen LogP contribution in [-0.4, -0.2) is 25.5 Å². The maximum absolute atomic E-state index is 10.9. The van der Waals surface area contributed by atoms with E-state index in [4.69, 9.17) is 17.3 Å². The van der Waals surface area contributed by atoms with Crippen LogP contribution in [0.15, 0.2) is 18.2 Å². The zero-order valence-electron chi connectivity index (χ0n) is 11.0. The first-order valence-corrected chi connectivity index (χ1v) is 6.29. The van der Waals surface area contributed by atoms with E-state index in [1.165, 1.54) is 0 Å². The quantitative estimate of drug-likeness (QED) is 0.827. The van der Waals surface area contributed by atoms with Crippen molar-refractivity contribution in [1.82, 2.24) is 5.32 Å². The smallest absolute Gasteiger partial charge is 0.236 e. The van der Waals surface area contributed by atoms with Crippen molar-refractivity contribution < 1.29 is 4.79 Å². The molecule has 0 aliphatic carbocycles. The molecular formula is C13H20ClN3O. The predicted molar refractivity (Wildman–Crippen MR) is 75.9 cm³/mol. The van der Waals surface area contributed by atoms with Crippen LogP contribution in [0, 0.1) is 0 Å². The summed E-state index contributed by atoms with van der Waals surface area (Å²) in [5.41, 5.74) is 7.08. The summed E-state index contributed by atoms with van der Waals surface area (Å²) in [5, 5.41) is 3.95. The second-order valence-electron chi connectivity index (χ2n) is 4.64. The Hall–Kier alpha value is -1.26. The largest absolute Gasteiger partial charge is 0.368 e. The SMILES string of the molecule is CC(C)NCc1ccc(N(C)CC(N)=O)c(Cl)c1. The van der Waals surface area contributed by atoms with Gasteiger partial charge in [-0.15, -0.1) is 0 Å². The van der Waals surface area contributed by atoms with E-state index in [1.807, 2.05) is 18.2 Å². The Morgan fingerprint density at radius 2 is 2.17 bits per heavy atom. The number of nitrogens with zero attached hydrogens (tertiary/aromatic N) is 1. The fraction of sp³-hybridized carbons (Fsp3) is 0.462. The third-order valence-electron chi connectivity index (χ3n) is 2.53. The Kier molecular flexibility index (Phi) is 5.44. The number of hydrogen-bond acceptors (Lipinski definition) is 3. The zero-order chi connectivity index (χ0) is 13.7. The number of nitrogens with two attached hydrogens (primary N) is 1. The Balaban J connectivity index is 2.75. The summed E-state index contributed by atoms with van der Waals surface area (Å²) in [6.07, 6.45) is 0. The molecule has 3 N–H and O–H groups in total. The lowest BCUT2D eigenvalue weighted by Crippen LogP contribution is -2.30. The first-order chi connectivity index (χ1) is 8.40. The van der Waals surface area contributed by atoms with Gasteiger partial charge in [-0.2, -0.15) is 0 Å². The molecule has 0 spiro atoms. The van der Waals surface area contributed by atoms with Crippen molar-refractivity contribution in [2.75, 3.05) is 18.5 Å². The number of carbonyl (C=O) groups excluding carboxylic acids is 1. The highest BCUT2D eigenvalue weighted by Gasteiger charge is 2.09. The van der Waals surface area contributed by atoms with E-state index < -0.39 is 0 Å². The molecule has 1 rings (SSSR count). The topological polar surface area (TPSA) is 58.4 Å². The fourth-order valence-corrected chi connectivity index (χ4v) is 1.96. The van der Waals surface area contributed by atoms with Crippen LogP contribution in [-0.2, 0) is 11.3 Å². The molecular weight excluding hydrogens is 250 g/mol. The molecule has 0 heterocycles. The lowest BCUT2D eigenvalue weighted by atomic mass is 10.2. The van der Waals surface area contributed by atoms with Crippen LogP contribution in [0.2, 0.25) is 5.02 Å². The van der Waals surface area contributed by atoms with Crippen LogP contribution in [0.3, 0.4) is 0 Å². The summed E-state index contributed by atoms with van der Waals surface area (Å²) in [5.74, 6) is -0.376. The van der Waals surface area contributed by atoms with Crippen molar-refractivity contribution >= 4 is 23.2 Å². The van der Waals surface area contributed by atoms with Gasteiger partial charge >= 0.3 is 0 Å². The molecule has 0 fully saturated rings. The van der Waals surface area contributed by atoms with E-state index in [0.29, 0.717) is 11.1 Å². The fourth-order valence-electron chi connectivity index (χ4n) is 1.61. The van der Waals surface area contributed by atoms with Crippen LogP contribution < -0.4 is 16.0 Å². The number of halogens is 1. The Bertz CT molecular complexity index is 421. The third kappa shape index (κ3) is 4.55. The van der Waals surface area contributed by atoms with Gasteiger partial charge in [0.25, 0.3) is 0 Å². The zero-order valence-corrected chi connectivity index (χ0v) is 11.8. The van der Waals surface area contributed by atoms with E-state index in [2.05, 4.69) is 19.2 Å². The molecule has 100 valence electrons. The summed E-state index contributed by atoms with van der Waals surface area (Å²) in [6, 6.07) is 6.24. The van der Waals surface area contributed by atoms with E-state index in [9.17, 15) is 4.79 Å². The highest BCUT2D eigenvalue weighted by molar-refractivity contribution is 6.33. The van der Waals surface area contributed by atoms with Gasteiger partial charge < -0.3 is 16.0 Å². The minimum absolute atomic E-state index is 0.156. The van der Waals surface area contributed by atoms with E-state index >= 15 is 0 Å². The number of rotatable bonds is 6. The van der Waals surface area contributed by atoms with Crippen LogP contribution >= 0.6 is 11.6 Å². The van der Waals surface area contributed by atoms with Crippen molar-refractivity contribution in [3.63, 3.8) is 0 Å². The van der Waals surface area contributed by atoms with Crippen molar-refractivity contribution in [2.24, 2.45) is 5.73 Å². The number of hydrogen-bond donors (Lipinski definition) is 2. The molecule has 0 radical (unpaired) electrons. The predicted octanol–water partition coefficient (Wildman–Crippen LogP) is 1.76. The van der Waals surface area contributed by atoms with E-state index in [-0.39, 0.29) is 12.5 Å². The number of amides is 1. The van der Waals surface area contributed by atoms with Gasteiger partial charge in [-0.25, -0.2) is 0 Å². The van der Waals surface area contributed by atoms with E-state index in [0.717, 1.165) is 17.8 Å². The van der Waals surface area contributed by atoms with Crippen LogP contribution in [0.25, 0.3) is 0 Å². The van der Waals surface area contributed by atoms with Crippen LogP contribution in [0.5, 0.6) is 0 Å². The highest BCUT2D eigenvalue weighted by atomic mass is 35.5. The van der Waals surface area contributed by atoms with Crippen molar-refractivity contribution in [1.29, 1.82) is 0 Å². The molecule has 1 amide bonds. The number of nitrogens with one attached hydrogen (secondary N) is 1. The molecule has 0 unspecified atom stereocenters. The number of anilines is 1. The maximum atomic E-state index is 10.9. The summed E-state index contributed by atoms with van der Waals surface area (Å²) in [6.45, 7) is 5.12. The second-order valence-corrected chi connectivity index (χ2v) is 5.05.